The fourth-order valence-electron chi connectivity index (χ4n) is 2.59. The lowest BCUT2D eigenvalue weighted by molar-refractivity contribution is -0.150. The summed E-state index contributed by atoms with van der Waals surface area (Å²) in [5.74, 6) is -0.120. The van der Waals surface area contributed by atoms with Gasteiger partial charge in [-0.1, -0.05) is 0 Å². The van der Waals surface area contributed by atoms with E-state index in [2.05, 4.69) is 10.6 Å². The molecular formula is C15H26N2O3. The van der Waals surface area contributed by atoms with Crippen molar-refractivity contribution in [1.29, 1.82) is 0 Å². The van der Waals surface area contributed by atoms with Gasteiger partial charge in [-0.25, -0.2) is 4.79 Å². The standard InChI is InChI=1S/C15H26N2O3/c1-13(2,11(18)19)14(3,4)17-12(20)16-9-15(7-8-15)10-5-6-10/h10H,5-9H2,1-4H3,(H,18,19)(H2,16,17,20). The molecule has 20 heavy (non-hydrogen) atoms. The largest absolute Gasteiger partial charge is 0.481 e. The van der Waals surface area contributed by atoms with Gasteiger partial charge in [0.1, 0.15) is 0 Å². The van der Waals surface area contributed by atoms with E-state index in [0.29, 0.717) is 12.0 Å². The molecule has 0 aromatic heterocycles. The van der Waals surface area contributed by atoms with Crippen LogP contribution in [-0.2, 0) is 4.79 Å². The minimum Gasteiger partial charge on any atom is -0.481 e. The molecule has 2 amide bonds. The first-order valence-electron chi connectivity index (χ1n) is 7.40. The van der Waals surface area contributed by atoms with Crippen LogP contribution in [0.4, 0.5) is 4.79 Å². The van der Waals surface area contributed by atoms with Crippen LogP contribution >= 0.6 is 0 Å². The number of carboxylic acids is 1. The van der Waals surface area contributed by atoms with E-state index in [9.17, 15) is 14.7 Å². The maximum Gasteiger partial charge on any atom is 0.315 e. The summed E-state index contributed by atoms with van der Waals surface area (Å²) in [6.07, 6.45) is 5.01. The van der Waals surface area contributed by atoms with Crippen molar-refractivity contribution in [3.63, 3.8) is 0 Å². The van der Waals surface area contributed by atoms with E-state index in [1.807, 2.05) is 0 Å². The Labute approximate surface area is 120 Å². The molecule has 3 N–H and O–H groups in total. The quantitative estimate of drug-likeness (QED) is 0.700. The number of hydrogen-bond donors (Lipinski definition) is 3. The van der Waals surface area contributed by atoms with Crippen LogP contribution in [0, 0.1) is 16.7 Å². The van der Waals surface area contributed by atoms with Crippen LogP contribution in [0.1, 0.15) is 53.4 Å². The van der Waals surface area contributed by atoms with Crippen LogP contribution in [0.2, 0.25) is 0 Å². The zero-order valence-electron chi connectivity index (χ0n) is 12.9. The molecule has 5 nitrogen and oxygen atoms in total. The van der Waals surface area contributed by atoms with Crippen molar-refractivity contribution < 1.29 is 14.7 Å². The van der Waals surface area contributed by atoms with Gasteiger partial charge in [0.15, 0.2) is 0 Å². The fraction of sp³-hybridized carbons (Fsp3) is 0.867. The Morgan fingerprint density at radius 2 is 1.75 bits per heavy atom. The Bertz CT molecular complexity index is 421. The van der Waals surface area contributed by atoms with E-state index in [4.69, 9.17) is 0 Å². The molecule has 0 atom stereocenters. The number of aliphatic carboxylic acids is 1. The first-order valence-corrected chi connectivity index (χ1v) is 7.40. The molecule has 2 saturated carbocycles. The van der Waals surface area contributed by atoms with Gasteiger partial charge < -0.3 is 15.7 Å². The summed E-state index contributed by atoms with van der Waals surface area (Å²) in [6, 6.07) is -0.267. The summed E-state index contributed by atoms with van der Waals surface area (Å²) in [5.41, 5.74) is -1.50. The van der Waals surface area contributed by atoms with Crippen LogP contribution in [0.3, 0.4) is 0 Å². The summed E-state index contributed by atoms with van der Waals surface area (Å²) in [4.78, 5) is 23.3. The number of hydrogen-bond acceptors (Lipinski definition) is 2. The highest BCUT2D eigenvalue weighted by Crippen LogP contribution is 2.60. The summed E-state index contributed by atoms with van der Waals surface area (Å²) in [6.45, 7) is 7.46. The fourth-order valence-corrected chi connectivity index (χ4v) is 2.59. The Kier molecular flexibility index (Phi) is 3.51. The molecule has 0 spiro atoms. The predicted octanol–water partition coefficient (Wildman–Crippen LogP) is 2.37. The lowest BCUT2D eigenvalue weighted by Gasteiger charge is -2.38. The third-order valence-corrected chi connectivity index (χ3v) is 5.46. The molecule has 0 aromatic carbocycles. The second-order valence-electron chi connectivity index (χ2n) is 7.50. The van der Waals surface area contributed by atoms with Crippen molar-refractivity contribution in [3.05, 3.63) is 0 Å². The second kappa shape index (κ2) is 4.64. The summed E-state index contributed by atoms with van der Waals surface area (Å²) in [5, 5.41) is 15.0. The molecule has 2 fully saturated rings. The number of amides is 2. The van der Waals surface area contributed by atoms with Crippen molar-refractivity contribution >= 4 is 12.0 Å². The Hall–Kier alpha value is -1.26. The SMILES string of the molecule is CC(C)(NC(=O)NCC1(C2CC2)CC1)C(C)(C)C(=O)O. The van der Waals surface area contributed by atoms with Crippen molar-refractivity contribution in [2.24, 2.45) is 16.7 Å². The number of urea groups is 1. The summed E-state index contributed by atoms with van der Waals surface area (Å²) < 4.78 is 0. The van der Waals surface area contributed by atoms with E-state index in [0.717, 1.165) is 5.92 Å². The van der Waals surface area contributed by atoms with Gasteiger partial charge in [0.25, 0.3) is 0 Å². The first-order chi connectivity index (χ1) is 9.11. The molecule has 0 radical (unpaired) electrons. The molecule has 0 bridgehead atoms. The highest BCUT2D eigenvalue weighted by molar-refractivity contribution is 5.79. The van der Waals surface area contributed by atoms with Crippen LogP contribution in [0.25, 0.3) is 0 Å². The van der Waals surface area contributed by atoms with Gasteiger partial charge in [0.05, 0.1) is 11.0 Å². The van der Waals surface area contributed by atoms with Gasteiger partial charge in [-0.05, 0) is 64.7 Å². The Morgan fingerprint density at radius 1 is 1.20 bits per heavy atom. The topological polar surface area (TPSA) is 78.4 Å². The van der Waals surface area contributed by atoms with E-state index >= 15 is 0 Å². The Balaban J connectivity index is 1.86. The number of carbonyl (C=O) groups is 2. The number of carbonyl (C=O) groups excluding carboxylic acids is 1. The number of nitrogens with one attached hydrogen (secondary N) is 2. The van der Waals surface area contributed by atoms with Crippen molar-refractivity contribution in [2.75, 3.05) is 6.54 Å². The van der Waals surface area contributed by atoms with Crippen molar-refractivity contribution in [3.8, 4) is 0 Å². The van der Waals surface area contributed by atoms with Crippen LogP contribution in [0.15, 0.2) is 0 Å². The highest BCUT2D eigenvalue weighted by Gasteiger charge is 2.53. The molecule has 2 aliphatic carbocycles. The van der Waals surface area contributed by atoms with E-state index in [1.165, 1.54) is 25.7 Å². The monoisotopic (exact) mass is 282 g/mol. The molecule has 0 heterocycles. The molecule has 5 heteroatoms. The van der Waals surface area contributed by atoms with E-state index in [1.54, 1.807) is 27.7 Å². The van der Waals surface area contributed by atoms with E-state index < -0.39 is 16.9 Å². The predicted molar refractivity (Wildman–Crippen MR) is 76.4 cm³/mol. The maximum absolute atomic E-state index is 12.0. The molecule has 0 aromatic rings. The number of carboxylic acid groups (broad SMARTS) is 1. The normalized spacial score (nSPS) is 21.2. The van der Waals surface area contributed by atoms with Crippen molar-refractivity contribution in [2.45, 2.75) is 58.9 Å². The van der Waals surface area contributed by atoms with Crippen LogP contribution in [0.5, 0.6) is 0 Å². The van der Waals surface area contributed by atoms with Gasteiger partial charge in [-0.3, -0.25) is 4.79 Å². The van der Waals surface area contributed by atoms with Crippen molar-refractivity contribution in [1.82, 2.24) is 10.6 Å². The lowest BCUT2D eigenvalue weighted by Crippen LogP contribution is -2.59. The zero-order valence-corrected chi connectivity index (χ0v) is 12.9. The maximum atomic E-state index is 12.0. The summed E-state index contributed by atoms with van der Waals surface area (Å²) >= 11 is 0. The third-order valence-electron chi connectivity index (χ3n) is 5.46. The van der Waals surface area contributed by atoms with Gasteiger partial charge in [0.2, 0.25) is 0 Å². The van der Waals surface area contributed by atoms with E-state index in [-0.39, 0.29) is 6.03 Å². The van der Waals surface area contributed by atoms with Gasteiger partial charge >= 0.3 is 12.0 Å². The average Bonchev–Trinajstić information content (AvgIpc) is 3.17. The minimum absolute atomic E-state index is 0.267. The van der Waals surface area contributed by atoms with Gasteiger partial charge in [0, 0.05) is 6.54 Å². The van der Waals surface area contributed by atoms with Crippen LogP contribution in [-0.4, -0.2) is 29.2 Å². The van der Waals surface area contributed by atoms with Gasteiger partial charge in [-0.2, -0.15) is 0 Å². The molecule has 0 aliphatic heterocycles. The molecular weight excluding hydrogens is 256 g/mol. The highest BCUT2D eigenvalue weighted by atomic mass is 16.4. The third kappa shape index (κ3) is 2.76. The molecule has 114 valence electrons. The average molecular weight is 282 g/mol. The van der Waals surface area contributed by atoms with Crippen LogP contribution < -0.4 is 10.6 Å². The Morgan fingerprint density at radius 3 is 2.15 bits per heavy atom. The molecule has 0 saturated heterocycles. The molecule has 0 unspecified atom stereocenters. The smallest absolute Gasteiger partial charge is 0.315 e. The number of rotatable bonds is 6. The first kappa shape index (κ1) is 15.1. The minimum atomic E-state index is -1.03. The lowest BCUT2D eigenvalue weighted by atomic mass is 9.74. The second-order valence-corrected chi connectivity index (χ2v) is 7.50. The summed E-state index contributed by atoms with van der Waals surface area (Å²) in [7, 11) is 0. The zero-order chi connectivity index (χ0) is 15.2. The molecule has 2 aliphatic rings. The van der Waals surface area contributed by atoms with Gasteiger partial charge in [-0.15, -0.1) is 0 Å². The molecule has 2 rings (SSSR count).